The van der Waals surface area contributed by atoms with Crippen LogP contribution in [-0.2, 0) is 11.3 Å². The molecule has 1 heterocycles. The first-order chi connectivity index (χ1) is 8.28. The Bertz CT molecular complexity index is 393. The summed E-state index contributed by atoms with van der Waals surface area (Å²) in [5.41, 5.74) is 1.18. The molecule has 1 fully saturated rings. The lowest BCUT2D eigenvalue weighted by Crippen LogP contribution is -2.30. The van der Waals surface area contributed by atoms with Crippen molar-refractivity contribution in [1.29, 1.82) is 0 Å². The molecular formula is C13H18N2O2. The maximum atomic E-state index is 11.0. The number of rotatable bonds is 5. The fraction of sp³-hybridized carbons (Fsp3) is 0.462. The van der Waals surface area contributed by atoms with E-state index in [0.29, 0.717) is 13.0 Å². The van der Waals surface area contributed by atoms with Crippen LogP contribution in [0, 0.1) is 0 Å². The molecule has 1 amide bonds. The Kier molecular flexibility index (Phi) is 3.98. The summed E-state index contributed by atoms with van der Waals surface area (Å²) >= 11 is 0. The molecule has 17 heavy (non-hydrogen) atoms. The molecule has 92 valence electrons. The Morgan fingerprint density at radius 3 is 3.12 bits per heavy atom. The molecule has 4 heteroatoms. The van der Waals surface area contributed by atoms with Gasteiger partial charge in [-0.2, -0.15) is 0 Å². The summed E-state index contributed by atoms with van der Waals surface area (Å²) in [7, 11) is 0. The van der Waals surface area contributed by atoms with E-state index in [1.165, 1.54) is 5.56 Å². The standard InChI is InChI=1S/C13H18N2O2/c1-2-17-12-5-3-4-10(6-12)8-14-11-7-13(16)15-9-11/h3-6,11,14H,2,7-9H2,1H3,(H,15,16). The topological polar surface area (TPSA) is 50.4 Å². The lowest BCUT2D eigenvalue weighted by Gasteiger charge is -2.11. The maximum absolute atomic E-state index is 11.0. The van der Waals surface area contributed by atoms with E-state index in [4.69, 9.17) is 4.74 Å². The van der Waals surface area contributed by atoms with Gasteiger partial charge in [-0.05, 0) is 24.6 Å². The van der Waals surface area contributed by atoms with Gasteiger partial charge in [0.1, 0.15) is 5.75 Å². The number of ether oxygens (including phenoxy) is 1. The highest BCUT2D eigenvalue weighted by molar-refractivity contribution is 5.78. The van der Waals surface area contributed by atoms with E-state index >= 15 is 0 Å². The van der Waals surface area contributed by atoms with E-state index in [1.54, 1.807) is 0 Å². The Labute approximate surface area is 101 Å². The molecule has 4 nitrogen and oxygen atoms in total. The van der Waals surface area contributed by atoms with Crippen molar-refractivity contribution in [3.05, 3.63) is 29.8 Å². The molecule has 0 radical (unpaired) electrons. The van der Waals surface area contributed by atoms with Crippen LogP contribution in [0.3, 0.4) is 0 Å². The second-order valence-corrected chi connectivity index (χ2v) is 4.17. The van der Waals surface area contributed by atoms with Crippen molar-refractivity contribution < 1.29 is 9.53 Å². The van der Waals surface area contributed by atoms with Gasteiger partial charge in [-0.3, -0.25) is 4.79 Å². The first-order valence-corrected chi connectivity index (χ1v) is 5.99. The van der Waals surface area contributed by atoms with Crippen LogP contribution in [-0.4, -0.2) is 25.1 Å². The van der Waals surface area contributed by atoms with Gasteiger partial charge in [0.15, 0.2) is 0 Å². The first kappa shape index (κ1) is 11.9. The number of carbonyl (C=O) groups excluding carboxylic acids is 1. The summed E-state index contributed by atoms with van der Waals surface area (Å²) in [4.78, 5) is 11.0. The number of amides is 1. The fourth-order valence-corrected chi connectivity index (χ4v) is 1.92. The zero-order valence-electron chi connectivity index (χ0n) is 10.0. The third-order valence-corrected chi connectivity index (χ3v) is 2.78. The van der Waals surface area contributed by atoms with Crippen LogP contribution in [0.25, 0.3) is 0 Å². The second kappa shape index (κ2) is 5.68. The average molecular weight is 234 g/mol. The molecule has 1 aliphatic rings. The van der Waals surface area contributed by atoms with Crippen molar-refractivity contribution in [2.75, 3.05) is 13.2 Å². The normalized spacial score (nSPS) is 19.1. The zero-order valence-corrected chi connectivity index (χ0v) is 10.0. The van der Waals surface area contributed by atoms with E-state index in [-0.39, 0.29) is 11.9 Å². The van der Waals surface area contributed by atoms with Gasteiger partial charge in [0, 0.05) is 25.6 Å². The van der Waals surface area contributed by atoms with E-state index < -0.39 is 0 Å². The van der Waals surface area contributed by atoms with Crippen LogP contribution in [0.4, 0.5) is 0 Å². The number of benzene rings is 1. The Hall–Kier alpha value is -1.55. The molecule has 0 saturated carbocycles. The van der Waals surface area contributed by atoms with Crippen molar-refractivity contribution in [2.24, 2.45) is 0 Å². The molecular weight excluding hydrogens is 216 g/mol. The Balaban J connectivity index is 1.85. The Morgan fingerprint density at radius 1 is 1.53 bits per heavy atom. The minimum atomic E-state index is 0.130. The van der Waals surface area contributed by atoms with Crippen molar-refractivity contribution in [3.8, 4) is 5.75 Å². The molecule has 0 spiro atoms. The molecule has 1 aromatic carbocycles. The average Bonchev–Trinajstić information content (AvgIpc) is 2.74. The van der Waals surface area contributed by atoms with Crippen LogP contribution in [0.2, 0.25) is 0 Å². The van der Waals surface area contributed by atoms with Crippen LogP contribution in [0.5, 0.6) is 5.75 Å². The van der Waals surface area contributed by atoms with Crippen LogP contribution in [0.1, 0.15) is 18.9 Å². The minimum Gasteiger partial charge on any atom is -0.494 e. The number of hydrogen-bond acceptors (Lipinski definition) is 3. The molecule has 0 aliphatic carbocycles. The van der Waals surface area contributed by atoms with Crippen LogP contribution >= 0.6 is 0 Å². The molecule has 0 bridgehead atoms. The molecule has 1 atom stereocenters. The van der Waals surface area contributed by atoms with Gasteiger partial charge in [0.05, 0.1) is 6.61 Å². The highest BCUT2D eigenvalue weighted by Crippen LogP contribution is 2.13. The quantitative estimate of drug-likeness (QED) is 0.801. The summed E-state index contributed by atoms with van der Waals surface area (Å²) in [6.07, 6.45) is 0.575. The summed E-state index contributed by atoms with van der Waals surface area (Å²) in [5.74, 6) is 1.03. The predicted molar refractivity (Wildman–Crippen MR) is 65.9 cm³/mol. The van der Waals surface area contributed by atoms with Gasteiger partial charge in [0.2, 0.25) is 5.91 Å². The SMILES string of the molecule is CCOc1cccc(CNC2CNC(=O)C2)c1. The third-order valence-electron chi connectivity index (χ3n) is 2.78. The molecule has 2 rings (SSSR count). The first-order valence-electron chi connectivity index (χ1n) is 5.99. The lowest BCUT2D eigenvalue weighted by molar-refractivity contribution is -0.119. The molecule has 1 saturated heterocycles. The molecule has 0 aromatic heterocycles. The number of nitrogens with one attached hydrogen (secondary N) is 2. The highest BCUT2D eigenvalue weighted by atomic mass is 16.5. The Morgan fingerprint density at radius 2 is 2.41 bits per heavy atom. The zero-order chi connectivity index (χ0) is 12.1. The maximum Gasteiger partial charge on any atom is 0.221 e. The molecule has 1 unspecified atom stereocenters. The molecule has 2 N–H and O–H groups in total. The molecule has 1 aromatic rings. The fourth-order valence-electron chi connectivity index (χ4n) is 1.92. The third kappa shape index (κ3) is 3.46. The van der Waals surface area contributed by atoms with E-state index in [2.05, 4.69) is 16.7 Å². The minimum absolute atomic E-state index is 0.130. The monoisotopic (exact) mass is 234 g/mol. The van der Waals surface area contributed by atoms with Crippen molar-refractivity contribution in [2.45, 2.75) is 25.9 Å². The largest absolute Gasteiger partial charge is 0.494 e. The highest BCUT2D eigenvalue weighted by Gasteiger charge is 2.20. The summed E-state index contributed by atoms with van der Waals surface area (Å²) in [6.45, 7) is 4.14. The van der Waals surface area contributed by atoms with Gasteiger partial charge in [0.25, 0.3) is 0 Å². The van der Waals surface area contributed by atoms with Gasteiger partial charge in [-0.1, -0.05) is 12.1 Å². The van der Waals surface area contributed by atoms with E-state index in [0.717, 1.165) is 18.8 Å². The van der Waals surface area contributed by atoms with Gasteiger partial charge < -0.3 is 15.4 Å². The smallest absolute Gasteiger partial charge is 0.221 e. The lowest BCUT2D eigenvalue weighted by atomic mass is 10.2. The number of hydrogen-bond donors (Lipinski definition) is 2. The van der Waals surface area contributed by atoms with Gasteiger partial charge in [-0.15, -0.1) is 0 Å². The van der Waals surface area contributed by atoms with Crippen molar-refractivity contribution in [3.63, 3.8) is 0 Å². The van der Waals surface area contributed by atoms with Gasteiger partial charge >= 0.3 is 0 Å². The number of carbonyl (C=O) groups is 1. The molecule has 1 aliphatic heterocycles. The van der Waals surface area contributed by atoms with Gasteiger partial charge in [-0.25, -0.2) is 0 Å². The summed E-state index contributed by atoms with van der Waals surface area (Å²) in [5, 5.41) is 6.17. The van der Waals surface area contributed by atoms with Crippen molar-refractivity contribution in [1.82, 2.24) is 10.6 Å². The summed E-state index contributed by atoms with van der Waals surface area (Å²) in [6, 6.07) is 8.27. The second-order valence-electron chi connectivity index (χ2n) is 4.17. The van der Waals surface area contributed by atoms with Crippen LogP contribution < -0.4 is 15.4 Å². The van der Waals surface area contributed by atoms with Crippen LogP contribution in [0.15, 0.2) is 24.3 Å². The van der Waals surface area contributed by atoms with E-state index in [9.17, 15) is 4.79 Å². The van der Waals surface area contributed by atoms with Crippen molar-refractivity contribution >= 4 is 5.91 Å². The predicted octanol–water partition coefficient (Wildman–Crippen LogP) is 1.06. The van der Waals surface area contributed by atoms with E-state index in [1.807, 2.05) is 25.1 Å². The summed E-state index contributed by atoms with van der Waals surface area (Å²) < 4.78 is 5.44.